The Bertz CT molecular complexity index is 1040. The van der Waals surface area contributed by atoms with Gasteiger partial charge in [0.1, 0.15) is 5.15 Å². The Hall–Kier alpha value is -3.12. The fourth-order valence-electron chi connectivity index (χ4n) is 3.02. The van der Waals surface area contributed by atoms with Crippen molar-refractivity contribution in [1.29, 1.82) is 0 Å². The number of hydrogen-bond donors (Lipinski definition) is 2. The summed E-state index contributed by atoms with van der Waals surface area (Å²) < 4.78 is 1.63. The van der Waals surface area contributed by atoms with Crippen LogP contribution in [0.4, 0.5) is 5.69 Å². The number of nitrogens with zero attached hydrogens (tertiary/aromatic N) is 2. The maximum absolute atomic E-state index is 12.7. The molecule has 0 saturated carbocycles. The van der Waals surface area contributed by atoms with E-state index in [-0.39, 0.29) is 11.8 Å². The summed E-state index contributed by atoms with van der Waals surface area (Å²) in [7, 11) is 0. The van der Waals surface area contributed by atoms with Crippen LogP contribution in [0.3, 0.4) is 0 Å². The van der Waals surface area contributed by atoms with E-state index >= 15 is 0 Å². The summed E-state index contributed by atoms with van der Waals surface area (Å²) >= 11 is 6.46. The predicted molar refractivity (Wildman–Crippen MR) is 114 cm³/mol. The minimum Gasteiger partial charge on any atom is -0.348 e. The molecule has 3 aromatic rings. The van der Waals surface area contributed by atoms with Crippen molar-refractivity contribution in [2.24, 2.45) is 0 Å². The quantitative estimate of drug-likeness (QED) is 0.642. The molecule has 0 aliphatic carbocycles. The Kier molecular flexibility index (Phi) is 6.34. The van der Waals surface area contributed by atoms with Crippen LogP contribution in [0.5, 0.6) is 0 Å². The number of halogens is 1. The second-order valence-electron chi connectivity index (χ2n) is 6.96. The Balaban J connectivity index is 1.70. The van der Waals surface area contributed by atoms with Crippen molar-refractivity contribution < 1.29 is 9.59 Å². The molecule has 0 atom stereocenters. The average molecular weight is 411 g/mol. The van der Waals surface area contributed by atoms with Crippen LogP contribution in [0.15, 0.2) is 48.5 Å². The van der Waals surface area contributed by atoms with Gasteiger partial charge in [-0.15, -0.1) is 0 Å². The second kappa shape index (κ2) is 8.92. The van der Waals surface area contributed by atoms with Gasteiger partial charge in [-0.2, -0.15) is 5.10 Å². The average Bonchev–Trinajstić information content (AvgIpc) is 2.95. The zero-order valence-corrected chi connectivity index (χ0v) is 17.4. The van der Waals surface area contributed by atoms with E-state index in [1.165, 1.54) is 12.5 Å². The van der Waals surface area contributed by atoms with Crippen LogP contribution in [-0.4, -0.2) is 21.6 Å². The van der Waals surface area contributed by atoms with Crippen molar-refractivity contribution in [3.63, 3.8) is 0 Å². The van der Waals surface area contributed by atoms with Gasteiger partial charge in [-0.1, -0.05) is 53.6 Å². The van der Waals surface area contributed by atoms with Crippen LogP contribution in [0.25, 0.3) is 0 Å². The van der Waals surface area contributed by atoms with Crippen LogP contribution < -0.4 is 10.6 Å². The van der Waals surface area contributed by atoms with E-state index < -0.39 is 0 Å². The third-order valence-corrected chi connectivity index (χ3v) is 4.83. The number of benzene rings is 2. The third kappa shape index (κ3) is 5.23. The van der Waals surface area contributed by atoms with Gasteiger partial charge < -0.3 is 10.6 Å². The fraction of sp³-hybridized carbons (Fsp3) is 0.227. The molecule has 2 N–H and O–H groups in total. The maximum atomic E-state index is 12.7. The van der Waals surface area contributed by atoms with Gasteiger partial charge in [0.2, 0.25) is 5.91 Å². The largest absolute Gasteiger partial charge is 0.348 e. The Morgan fingerprint density at radius 1 is 1.07 bits per heavy atom. The van der Waals surface area contributed by atoms with E-state index in [0.29, 0.717) is 35.2 Å². The van der Waals surface area contributed by atoms with Gasteiger partial charge in [-0.3, -0.25) is 9.59 Å². The third-order valence-electron chi connectivity index (χ3n) is 4.45. The molecule has 1 aromatic heterocycles. The summed E-state index contributed by atoms with van der Waals surface area (Å²) in [4.78, 5) is 23.9. The zero-order valence-electron chi connectivity index (χ0n) is 16.6. The van der Waals surface area contributed by atoms with Crippen molar-refractivity contribution in [3.05, 3.63) is 81.6 Å². The van der Waals surface area contributed by atoms with Crippen LogP contribution >= 0.6 is 11.6 Å². The number of nitrogens with one attached hydrogen (secondary N) is 2. The van der Waals surface area contributed by atoms with Gasteiger partial charge in [-0.05, 0) is 37.1 Å². The molecule has 0 saturated heterocycles. The number of aryl methyl sites for hydroxylation is 2. The highest BCUT2D eigenvalue weighted by Gasteiger charge is 2.20. The second-order valence-corrected chi connectivity index (χ2v) is 7.32. The molecule has 0 radical (unpaired) electrons. The molecule has 0 aliphatic rings. The number of rotatable bonds is 6. The lowest BCUT2D eigenvalue weighted by atomic mass is 10.1. The number of anilines is 1. The zero-order chi connectivity index (χ0) is 21.0. The van der Waals surface area contributed by atoms with Crippen molar-refractivity contribution in [1.82, 2.24) is 15.1 Å². The smallest absolute Gasteiger partial charge is 0.256 e. The van der Waals surface area contributed by atoms with E-state index in [4.69, 9.17) is 11.6 Å². The summed E-state index contributed by atoms with van der Waals surface area (Å²) in [5.74, 6) is -0.429. The summed E-state index contributed by atoms with van der Waals surface area (Å²) in [5, 5.41) is 10.3. The van der Waals surface area contributed by atoms with E-state index in [2.05, 4.69) is 15.7 Å². The normalized spacial score (nSPS) is 10.6. The van der Waals surface area contributed by atoms with E-state index in [9.17, 15) is 9.59 Å². The van der Waals surface area contributed by atoms with Crippen molar-refractivity contribution in [2.75, 3.05) is 5.32 Å². The molecule has 0 spiro atoms. The first-order valence-electron chi connectivity index (χ1n) is 9.26. The van der Waals surface area contributed by atoms with Gasteiger partial charge in [0.05, 0.1) is 17.8 Å². The molecular formula is C22H23ClN4O2. The molecular weight excluding hydrogens is 388 g/mol. The molecule has 1 heterocycles. The van der Waals surface area contributed by atoms with Gasteiger partial charge in [-0.25, -0.2) is 4.68 Å². The number of amides is 2. The summed E-state index contributed by atoms with van der Waals surface area (Å²) in [6, 6.07) is 15.4. The topological polar surface area (TPSA) is 76.0 Å². The van der Waals surface area contributed by atoms with E-state index in [0.717, 1.165) is 11.1 Å². The van der Waals surface area contributed by atoms with Crippen molar-refractivity contribution >= 4 is 29.1 Å². The Morgan fingerprint density at radius 3 is 2.48 bits per heavy atom. The fourth-order valence-corrected chi connectivity index (χ4v) is 3.34. The molecule has 0 bridgehead atoms. The number of carbonyl (C=O) groups excluding carboxylic acids is 2. The lowest BCUT2D eigenvalue weighted by Crippen LogP contribution is -2.23. The minimum atomic E-state index is -0.285. The molecule has 0 fully saturated rings. The Labute approximate surface area is 174 Å². The summed E-state index contributed by atoms with van der Waals surface area (Å²) in [5.41, 5.74) is 4.74. The van der Waals surface area contributed by atoms with Crippen molar-refractivity contribution in [3.8, 4) is 0 Å². The first kappa shape index (κ1) is 20.6. The molecule has 29 heavy (non-hydrogen) atoms. The van der Waals surface area contributed by atoms with Crippen LogP contribution in [-0.2, 0) is 17.9 Å². The molecule has 2 amide bonds. The number of carbonyl (C=O) groups is 2. The molecule has 150 valence electrons. The first-order chi connectivity index (χ1) is 13.8. The van der Waals surface area contributed by atoms with Gasteiger partial charge >= 0.3 is 0 Å². The highest BCUT2D eigenvalue weighted by molar-refractivity contribution is 6.33. The van der Waals surface area contributed by atoms with Crippen LogP contribution in [0.2, 0.25) is 5.15 Å². The SMILES string of the molecule is CC(=O)Nc1cccc(CNC(=O)c2c(C)nn(Cc3ccc(C)cc3)c2Cl)c1. The van der Waals surface area contributed by atoms with Crippen LogP contribution in [0.1, 0.15) is 39.7 Å². The minimum absolute atomic E-state index is 0.144. The lowest BCUT2D eigenvalue weighted by molar-refractivity contribution is -0.114. The highest BCUT2D eigenvalue weighted by atomic mass is 35.5. The first-order valence-corrected chi connectivity index (χ1v) is 9.64. The summed E-state index contributed by atoms with van der Waals surface area (Å²) in [6.45, 7) is 6.05. The maximum Gasteiger partial charge on any atom is 0.256 e. The standard InChI is InChI=1S/C22H23ClN4O2/c1-14-7-9-17(10-8-14)13-27-21(23)20(15(2)26-27)22(29)24-12-18-5-4-6-19(11-18)25-16(3)28/h4-11H,12-13H2,1-3H3,(H,24,29)(H,25,28). The highest BCUT2D eigenvalue weighted by Crippen LogP contribution is 2.21. The monoisotopic (exact) mass is 410 g/mol. The van der Waals surface area contributed by atoms with E-state index in [1.807, 2.05) is 49.4 Å². The molecule has 6 nitrogen and oxygen atoms in total. The van der Waals surface area contributed by atoms with E-state index in [1.54, 1.807) is 17.7 Å². The molecule has 3 rings (SSSR count). The van der Waals surface area contributed by atoms with Crippen LogP contribution in [0, 0.1) is 13.8 Å². The molecule has 2 aromatic carbocycles. The van der Waals surface area contributed by atoms with Gasteiger partial charge in [0, 0.05) is 19.2 Å². The number of hydrogen-bond acceptors (Lipinski definition) is 3. The van der Waals surface area contributed by atoms with Crippen molar-refractivity contribution in [2.45, 2.75) is 33.9 Å². The molecule has 7 heteroatoms. The predicted octanol–water partition coefficient (Wildman–Crippen LogP) is 4.09. The summed E-state index contributed by atoms with van der Waals surface area (Å²) in [6.07, 6.45) is 0. The number of aromatic nitrogens is 2. The lowest BCUT2D eigenvalue weighted by Gasteiger charge is -2.08. The molecule has 0 aliphatic heterocycles. The Morgan fingerprint density at radius 2 is 1.79 bits per heavy atom. The van der Waals surface area contributed by atoms with Gasteiger partial charge in [0.15, 0.2) is 0 Å². The molecule has 0 unspecified atom stereocenters. The van der Waals surface area contributed by atoms with Gasteiger partial charge in [0.25, 0.3) is 5.91 Å².